The van der Waals surface area contributed by atoms with E-state index in [0.29, 0.717) is 22.9 Å². The van der Waals surface area contributed by atoms with Gasteiger partial charge in [-0.1, -0.05) is 35.9 Å². The van der Waals surface area contributed by atoms with Crippen LogP contribution >= 0.6 is 11.6 Å². The second kappa shape index (κ2) is 7.72. The normalized spacial score (nSPS) is 16.3. The summed E-state index contributed by atoms with van der Waals surface area (Å²) >= 11 is 6.23. The van der Waals surface area contributed by atoms with Crippen LogP contribution in [-0.2, 0) is 9.59 Å². The van der Waals surface area contributed by atoms with Crippen LogP contribution in [0.25, 0.3) is 5.69 Å². The number of benzene rings is 2. The topological polar surface area (TPSA) is 67.2 Å². The van der Waals surface area contributed by atoms with E-state index in [2.05, 4.69) is 10.4 Å². The van der Waals surface area contributed by atoms with Gasteiger partial charge >= 0.3 is 0 Å². The maximum Gasteiger partial charge on any atom is 0.229 e. The molecule has 148 valence electrons. The highest BCUT2D eigenvalue weighted by atomic mass is 35.5. The van der Waals surface area contributed by atoms with Crippen molar-refractivity contribution in [3.8, 4) is 5.69 Å². The number of aryl methyl sites for hydroxylation is 2. The summed E-state index contributed by atoms with van der Waals surface area (Å²) in [6.45, 7) is 4.20. The predicted octanol–water partition coefficient (Wildman–Crippen LogP) is 4.13. The summed E-state index contributed by atoms with van der Waals surface area (Å²) in [6, 6.07) is 16.7. The van der Waals surface area contributed by atoms with Crippen LogP contribution in [0.1, 0.15) is 17.8 Å². The number of anilines is 2. The molecular formula is C22H21ClN4O2. The van der Waals surface area contributed by atoms with Crippen LogP contribution in [0.2, 0.25) is 5.02 Å². The quantitative estimate of drug-likeness (QED) is 0.705. The molecule has 0 bridgehead atoms. The fraction of sp³-hybridized carbons (Fsp3) is 0.227. The van der Waals surface area contributed by atoms with Crippen molar-refractivity contribution in [1.82, 2.24) is 9.78 Å². The van der Waals surface area contributed by atoms with Gasteiger partial charge in [0.15, 0.2) is 0 Å². The zero-order valence-corrected chi connectivity index (χ0v) is 17.0. The fourth-order valence-electron chi connectivity index (χ4n) is 3.66. The molecule has 7 heteroatoms. The summed E-state index contributed by atoms with van der Waals surface area (Å²) in [5.74, 6) is -0.751. The second-order valence-corrected chi connectivity index (χ2v) is 7.61. The number of aromatic nitrogens is 2. The summed E-state index contributed by atoms with van der Waals surface area (Å²) in [6.07, 6.45) is 0.152. The van der Waals surface area contributed by atoms with E-state index >= 15 is 0 Å². The van der Waals surface area contributed by atoms with Crippen LogP contribution in [0.3, 0.4) is 0 Å². The van der Waals surface area contributed by atoms with Crippen LogP contribution in [0, 0.1) is 19.8 Å². The molecular weight excluding hydrogens is 388 g/mol. The van der Waals surface area contributed by atoms with E-state index in [9.17, 15) is 9.59 Å². The number of nitrogens with one attached hydrogen (secondary N) is 1. The van der Waals surface area contributed by atoms with E-state index in [1.54, 1.807) is 21.7 Å². The van der Waals surface area contributed by atoms with E-state index in [1.165, 1.54) is 0 Å². The average Bonchev–Trinajstić information content (AvgIpc) is 3.24. The Kier molecular flexibility index (Phi) is 5.11. The van der Waals surface area contributed by atoms with E-state index in [0.717, 1.165) is 17.1 Å². The second-order valence-electron chi connectivity index (χ2n) is 7.20. The zero-order valence-electron chi connectivity index (χ0n) is 16.2. The molecule has 1 fully saturated rings. The van der Waals surface area contributed by atoms with Crippen LogP contribution in [-0.4, -0.2) is 28.1 Å². The molecule has 1 N–H and O–H groups in total. The number of para-hydroxylation sites is 3. The molecule has 1 aliphatic rings. The summed E-state index contributed by atoms with van der Waals surface area (Å²) in [4.78, 5) is 27.0. The first-order valence-corrected chi connectivity index (χ1v) is 9.80. The third kappa shape index (κ3) is 3.76. The first kappa shape index (κ1) is 19.2. The zero-order chi connectivity index (χ0) is 20.5. The number of amides is 2. The van der Waals surface area contributed by atoms with Crippen LogP contribution in [0.15, 0.2) is 54.6 Å². The number of carbonyl (C=O) groups excluding carboxylic acids is 2. The number of hydrogen-bond acceptors (Lipinski definition) is 3. The summed E-state index contributed by atoms with van der Waals surface area (Å²) in [5.41, 5.74) is 3.97. The molecule has 1 saturated heterocycles. The van der Waals surface area contributed by atoms with Gasteiger partial charge in [0, 0.05) is 18.7 Å². The van der Waals surface area contributed by atoms with Crippen molar-refractivity contribution < 1.29 is 9.59 Å². The van der Waals surface area contributed by atoms with Crippen molar-refractivity contribution in [1.29, 1.82) is 0 Å². The Bertz CT molecular complexity index is 1090. The molecule has 2 amide bonds. The molecule has 1 atom stereocenters. The van der Waals surface area contributed by atoms with Gasteiger partial charge in [0.2, 0.25) is 11.8 Å². The van der Waals surface area contributed by atoms with Crippen molar-refractivity contribution in [2.75, 3.05) is 16.8 Å². The van der Waals surface area contributed by atoms with E-state index < -0.39 is 5.92 Å². The van der Waals surface area contributed by atoms with Gasteiger partial charge in [-0.15, -0.1) is 0 Å². The van der Waals surface area contributed by atoms with Gasteiger partial charge in [-0.25, -0.2) is 4.68 Å². The molecule has 29 heavy (non-hydrogen) atoms. The van der Waals surface area contributed by atoms with Crippen molar-refractivity contribution in [2.24, 2.45) is 5.92 Å². The first-order chi connectivity index (χ1) is 13.9. The predicted molar refractivity (Wildman–Crippen MR) is 114 cm³/mol. The highest BCUT2D eigenvalue weighted by Gasteiger charge is 2.36. The summed E-state index contributed by atoms with van der Waals surface area (Å²) in [7, 11) is 0. The standard InChI is InChI=1S/C22H21ClN4O2/c1-14-11-15(2)27(25-14)20-10-6-4-8-18(20)24-22(29)16-12-21(28)26(13-16)19-9-5-3-7-17(19)23/h3-11,16H,12-13H2,1-2H3,(H,24,29). The molecule has 3 aromatic rings. The van der Waals surface area contributed by atoms with Gasteiger partial charge in [-0.2, -0.15) is 5.10 Å². The maximum atomic E-state index is 12.9. The molecule has 0 radical (unpaired) electrons. The lowest BCUT2D eigenvalue weighted by molar-refractivity contribution is -0.122. The van der Waals surface area contributed by atoms with Crippen molar-refractivity contribution in [3.05, 3.63) is 71.0 Å². The largest absolute Gasteiger partial charge is 0.324 e. The molecule has 2 aromatic carbocycles. The summed E-state index contributed by atoms with van der Waals surface area (Å²) < 4.78 is 1.81. The molecule has 0 aliphatic carbocycles. The Labute approximate surface area is 174 Å². The summed E-state index contributed by atoms with van der Waals surface area (Å²) in [5, 5.41) is 7.99. The number of hydrogen-bond donors (Lipinski definition) is 1. The van der Waals surface area contributed by atoms with E-state index in [-0.39, 0.29) is 18.2 Å². The Hall–Kier alpha value is -3.12. The highest BCUT2D eigenvalue weighted by Crippen LogP contribution is 2.32. The Morgan fingerprint density at radius 1 is 1.10 bits per heavy atom. The van der Waals surface area contributed by atoms with E-state index in [4.69, 9.17) is 11.6 Å². The average molecular weight is 409 g/mol. The Balaban J connectivity index is 1.55. The van der Waals surface area contributed by atoms with Crippen LogP contribution in [0.4, 0.5) is 11.4 Å². The van der Waals surface area contributed by atoms with E-state index in [1.807, 2.05) is 56.3 Å². The third-order valence-corrected chi connectivity index (χ3v) is 5.36. The van der Waals surface area contributed by atoms with Crippen molar-refractivity contribution >= 4 is 34.8 Å². The Morgan fingerprint density at radius 2 is 1.79 bits per heavy atom. The van der Waals surface area contributed by atoms with Crippen molar-refractivity contribution in [2.45, 2.75) is 20.3 Å². The van der Waals surface area contributed by atoms with Gasteiger partial charge < -0.3 is 10.2 Å². The first-order valence-electron chi connectivity index (χ1n) is 9.42. The van der Waals surface area contributed by atoms with Crippen LogP contribution in [0.5, 0.6) is 0 Å². The number of carbonyl (C=O) groups is 2. The molecule has 1 aliphatic heterocycles. The van der Waals surface area contributed by atoms with Gasteiger partial charge in [0.1, 0.15) is 0 Å². The molecule has 0 spiro atoms. The molecule has 6 nitrogen and oxygen atoms in total. The smallest absolute Gasteiger partial charge is 0.229 e. The van der Waals surface area contributed by atoms with Gasteiger partial charge in [0.05, 0.1) is 33.7 Å². The lowest BCUT2D eigenvalue weighted by Crippen LogP contribution is -2.28. The number of rotatable bonds is 4. The maximum absolute atomic E-state index is 12.9. The minimum Gasteiger partial charge on any atom is -0.324 e. The number of halogens is 1. The molecule has 4 rings (SSSR count). The molecule has 1 aromatic heterocycles. The van der Waals surface area contributed by atoms with Crippen molar-refractivity contribution in [3.63, 3.8) is 0 Å². The van der Waals surface area contributed by atoms with Gasteiger partial charge in [-0.3, -0.25) is 9.59 Å². The minimum absolute atomic E-state index is 0.106. The molecule has 0 saturated carbocycles. The highest BCUT2D eigenvalue weighted by molar-refractivity contribution is 6.33. The Morgan fingerprint density at radius 3 is 2.48 bits per heavy atom. The third-order valence-electron chi connectivity index (χ3n) is 5.04. The van der Waals surface area contributed by atoms with Gasteiger partial charge in [0.25, 0.3) is 0 Å². The monoisotopic (exact) mass is 408 g/mol. The lowest BCUT2D eigenvalue weighted by Gasteiger charge is -2.18. The minimum atomic E-state index is -0.452. The number of nitrogens with zero attached hydrogens (tertiary/aromatic N) is 3. The fourth-order valence-corrected chi connectivity index (χ4v) is 3.90. The molecule has 1 unspecified atom stereocenters. The molecule has 2 heterocycles. The van der Waals surface area contributed by atoms with Crippen LogP contribution < -0.4 is 10.2 Å². The lowest BCUT2D eigenvalue weighted by atomic mass is 10.1. The van der Waals surface area contributed by atoms with Gasteiger partial charge in [-0.05, 0) is 44.2 Å². The SMILES string of the molecule is Cc1cc(C)n(-c2ccccc2NC(=O)C2CC(=O)N(c3ccccc3Cl)C2)n1.